The molecule has 0 saturated carbocycles. The van der Waals surface area contributed by atoms with Crippen LogP contribution in [0.15, 0.2) is 24.3 Å². The fourth-order valence-electron chi connectivity index (χ4n) is 2.24. The first-order valence-electron chi connectivity index (χ1n) is 9.74. The molecule has 2 nitrogen and oxygen atoms in total. The first kappa shape index (κ1) is 23.6. The van der Waals surface area contributed by atoms with Crippen LogP contribution in [0.5, 0.6) is 0 Å². The Kier molecular flexibility index (Phi) is 12.7. The Balaban J connectivity index is 4.17. The molecule has 0 N–H and O–H groups in total. The zero-order valence-electron chi connectivity index (χ0n) is 17.4. The van der Waals surface area contributed by atoms with E-state index >= 15 is 0 Å². The van der Waals surface area contributed by atoms with E-state index in [-0.39, 0.29) is 0 Å². The Morgan fingerprint density at radius 3 is 2.21 bits per heavy atom. The Bertz CT molecular complexity index is 353. The normalized spacial score (nSPS) is 14.8. The maximum Gasteiger partial charge on any atom is 0.191 e. The van der Waals surface area contributed by atoms with Crippen molar-refractivity contribution in [2.75, 3.05) is 19.8 Å². The zero-order chi connectivity index (χ0) is 18.5. The molecule has 0 amide bonds. The summed E-state index contributed by atoms with van der Waals surface area (Å²) in [6.45, 7) is 18.2. The predicted octanol–water partition coefficient (Wildman–Crippen LogP) is 6.74. The van der Waals surface area contributed by atoms with E-state index in [1.54, 1.807) is 0 Å². The van der Waals surface area contributed by atoms with Crippen LogP contribution in [0.1, 0.15) is 66.7 Å². The van der Waals surface area contributed by atoms with Crippen LogP contribution >= 0.6 is 0 Å². The molecular formula is C21H42O2Si. The van der Waals surface area contributed by atoms with E-state index in [9.17, 15) is 0 Å². The lowest BCUT2D eigenvalue weighted by Crippen LogP contribution is -2.41. The summed E-state index contributed by atoms with van der Waals surface area (Å²) in [5.74, 6) is 0.665. The highest BCUT2D eigenvalue weighted by atomic mass is 28.4. The Hall–Kier alpha value is -0.383. The molecule has 0 rings (SSSR count). The molecular weight excluding hydrogens is 312 g/mol. The van der Waals surface area contributed by atoms with Crippen molar-refractivity contribution in [1.82, 2.24) is 0 Å². The molecule has 0 aliphatic carbocycles. The highest BCUT2D eigenvalue weighted by Gasteiger charge is 2.36. The molecule has 0 radical (unpaired) electrons. The molecule has 0 heterocycles. The third kappa shape index (κ3) is 11.2. The second-order valence-corrected chi connectivity index (χ2v) is 13.0. The maximum atomic E-state index is 6.30. The summed E-state index contributed by atoms with van der Waals surface area (Å²) in [6.07, 6.45) is 14.8. The number of hydrogen-bond donors (Lipinski definition) is 0. The highest BCUT2D eigenvalue weighted by molar-refractivity contribution is 6.74. The van der Waals surface area contributed by atoms with Crippen molar-refractivity contribution >= 4 is 8.32 Å². The standard InChI is InChI=1S/C21H42O2Si/c1-8-10-14-20(15-12-18-22-17-11-9-2)16-13-19-23-24(6,7)21(3,4)5/h9,11-12,15,20H,8,10,13-14,16-19H2,1-7H3/b11-9+,15-12+/t20-/m1/s1. The summed E-state index contributed by atoms with van der Waals surface area (Å²) in [5, 5.41) is 0.304. The van der Waals surface area contributed by atoms with Crippen molar-refractivity contribution in [3.63, 3.8) is 0 Å². The van der Waals surface area contributed by atoms with Crippen LogP contribution in [0.25, 0.3) is 0 Å². The van der Waals surface area contributed by atoms with E-state index in [1.807, 2.05) is 19.1 Å². The molecule has 3 heteroatoms. The van der Waals surface area contributed by atoms with Gasteiger partial charge in [0.05, 0.1) is 13.2 Å². The van der Waals surface area contributed by atoms with Gasteiger partial charge in [-0.3, -0.25) is 0 Å². The van der Waals surface area contributed by atoms with Crippen molar-refractivity contribution in [1.29, 1.82) is 0 Å². The molecule has 0 aromatic heterocycles. The average molecular weight is 355 g/mol. The summed E-state index contributed by atoms with van der Waals surface area (Å²) in [4.78, 5) is 0. The third-order valence-electron chi connectivity index (χ3n) is 4.99. The van der Waals surface area contributed by atoms with Crippen molar-refractivity contribution < 1.29 is 9.16 Å². The Morgan fingerprint density at radius 2 is 1.62 bits per heavy atom. The third-order valence-corrected chi connectivity index (χ3v) is 9.53. The average Bonchev–Trinajstić information content (AvgIpc) is 2.50. The minimum absolute atomic E-state index is 0.304. The van der Waals surface area contributed by atoms with Gasteiger partial charge in [0.25, 0.3) is 0 Å². The highest BCUT2D eigenvalue weighted by Crippen LogP contribution is 2.36. The first-order valence-corrected chi connectivity index (χ1v) is 12.6. The molecule has 142 valence electrons. The molecule has 0 aromatic carbocycles. The van der Waals surface area contributed by atoms with Gasteiger partial charge >= 0.3 is 0 Å². The van der Waals surface area contributed by atoms with Gasteiger partial charge in [-0.2, -0.15) is 0 Å². The van der Waals surface area contributed by atoms with Crippen molar-refractivity contribution in [3.05, 3.63) is 24.3 Å². The topological polar surface area (TPSA) is 18.5 Å². The molecule has 0 aromatic rings. The smallest absolute Gasteiger partial charge is 0.191 e. The maximum absolute atomic E-state index is 6.30. The SMILES string of the molecule is C/C=C/COC/C=C/[C@@H](CCCC)CCCO[Si](C)(C)C(C)(C)C. The molecule has 0 fully saturated rings. The molecule has 0 aliphatic rings. The second kappa shape index (κ2) is 12.9. The van der Waals surface area contributed by atoms with E-state index in [0.29, 0.717) is 24.2 Å². The molecule has 0 spiro atoms. The van der Waals surface area contributed by atoms with Crippen LogP contribution in [-0.2, 0) is 9.16 Å². The number of ether oxygens (including phenoxy) is 1. The van der Waals surface area contributed by atoms with Gasteiger partial charge in [0, 0.05) is 6.61 Å². The minimum Gasteiger partial charge on any atom is -0.417 e. The Morgan fingerprint density at radius 1 is 1.00 bits per heavy atom. The van der Waals surface area contributed by atoms with Crippen LogP contribution in [0, 0.1) is 5.92 Å². The summed E-state index contributed by atoms with van der Waals surface area (Å²) < 4.78 is 11.8. The quantitative estimate of drug-likeness (QED) is 0.207. The largest absolute Gasteiger partial charge is 0.417 e. The molecule has 0 saturated heterocycles. The lowest BCUT2D eigenvalue weighted by atomic mass is 9.96. The van der Waals surface area contributed by atoms with Crippen molar-refractivity contribution in [2.45, 2.75) is 84.9 Å². The fraction of sp³-hybridized carbons (Fsp3) is 0.810. The van der Waals surface area contributed by atoms with Gasteiger partial charge in [-0.25, -0.2) is 0 Å². The van der Waals surface area contributed by atoms with Crippen LogP contribution in [-0.4, -0.2) is 28.1 Å². The summed E-state index contributed by atoms with van der Waals surface area (Å²) >= 11 is 0. The van der Waals surface area contributed by atoms with Crippen LogP contribution < -0.4 is 0 Å². The van der Waals surface area contributed by atoms with E-state index in [0.717, 1.165) is 13.0 Å². The summed E-state index contributed by atoms with van der Waals surface area (Å²) in [6, 6.07) is 0. The minimum atomic E-state index is -1.59. The molecule has 0 unspecified atom stereocenters. The van der Waals surface area contributed by atoms with Gasteiger partial charge in [0.15, 0.2) is 8.32 Å². The summed E-state index contributed by atoms with van der Waals surface area (Å²) in [5.41, 5.74) is 0. The van der Waals surface area contributed by atoms with E-state index in [1.165, 1.54) is 25.7 Å². The lowest BCUT2D eigenvalue weighted by Gasteiger charge is -2.36. The second-order valence-electron chi connectivity index (χ2n) is 8.19. The number of rotatable bonds is 13. The van der Waals surface area contributed by atoms with Gasteiger partial charge in [-0.15, -0.1) is 0 Å². The predicted molar refractivity (Wildman–Crippen MR) is 110 cm³/mol. The number of hydrogen-bond acceptors (Lipinski definition) is 2. The molecule has 0 bridgehead atoms. The van der Waals surface area contributed by atoms with E-state index < -0.39 is 8.32 Å². The van der Waals surface area contributed by atoms with Crippen LogP contribution in [0.3, 0.4) is 0 Å². The number of unbranched alkanes of at least 4 members (excludes halogenated alkanes) is 1. The first-order chi connectivity index (χ1) is 11.2. The van der Waals surface area contributed by atoms with Gasteiger partial charge in [0.1, 0.15) is 0 Å². The van der Waals surface area contributed by atoms with E-state index in [2.05, 4.69) is 52.9 Å². The molecule has 24 heavy (non-hydrogen) atoms. The fourth-order valence-corrected chi connectivity index (χ4v) is 3.33. The zero-order valence-corrected chi connectivity index (χ0v) is 18.4. The van der Waals surface area contributed by atoms with E-state index in [4.69, 9.17) is 9.16 Å². The van der Waals surface area contributed by atoms with Crippen LogP contribution in [0.4, 0.5) is 0 Å². The summed E-state index contributed by atoms with van der Waals surface area (Å²) in [7, 11) is -1.59. The van der Waals surface area contributed by atoms with Gasteiger partial charge in [-0.05, 0) is 50.2 Å². The lowest BCUT2D eigenvalue weighted by molar-refractivity contribution is 0.193. The van der Waals surface area contributed by atoms with Crippen LogP contribution in [0.2, 0.25) is 18.1 Å². The number of allylic oxidation sites excluding steroid dienone is 2. The monoisotopic (exact) mass is 354 g/mol. The molecule has 0 aliphatic heterocycles. The van der Waals surface area contributed by atoms with Gasteiger partial charge in [-0.1, -0.05) is 64.8 Å². The Labute approximate surface area is 152 Å². The van der Waals surface area contributed by atoms with Gasteiger partial charge < -0.3 is 9.16 Å². The van der Waals surface area contributed by atoms with Crippen molar-refractivity contribution in [2.24, 2.45) is 5.92 Å². The van der Waals surface area contributed by atoms with Crippen molar-refractivity contribution in [3.8, 4) is 0 Å². The molecule has 1 atom stereocenters. The van der Waals surface area contributed by atoms with Gasteiger partial charge in [0.2, 0.25) is 0 Å².